The minimum Gasteiger partial charge on any atom is -0.398 e. The zero-order valence-electron chi connectivity index (χ0n) is 9.43. The predicted octanol–water partition coefficient (Wildman–Crippen LogP) is 1.63. The predicted molar refractivity (Wildman–Crippen MR) is 64.0 cm³/mol. The second-order valence-electron chi connectivity index (χ2n) is 4.85. The van der Waals surface area contributed by atoms with Crippen molar-refractivity contribution in [1.29, 1.82) is 0 Å². The van der Waals surface area contributed by atoms with Crippen LogP contribution in [0.15, 0.2) is 24.3 Å². The lowest BCUT2D eigenvalue weighted by Gasteiger charge is -2.32. The fourth-order valence-corrected chi connectivity index (χ4v) is 2.75. The molecule has 1 aromatic rings. The maximum atomic E-state index is 5.96. The first kappa shape index (κ1) is 10.1. The third-order valence-corrected chi connectivity index (χ3v) is 3.57. The molecule has 2 bridgehead atoms. The lowest BCUT2D eigenvalue weighted by molar-refractivity contribution is -0.0409. The standard InChI is InChI=1S/C13H18N2O/c14-13-4-2-1-3-10(13)7-15-8-11-5-6-12(9-15)16-11/h1-4,11-12H,5-9,14H2. The molecule has 1 aromatic carbocycles. The fourth-order valence-electron chi connectivity index (χ4n) is 2.75. The highest BCUT2D eigenvalue weighted by atomic mass is 16.5. The van der Waals surface area contributed by atoms with Crippen LogP contribution in [0.5, 0.6) is 0 Å². The van der Waals surface area contributed by atoms with Crippen molar-refractivity contribution in [3.63, 3.8) is 0 Å². The highest BCUT2D eigenvalue weighted by Gasteiger charge is 2.33. The molecule has 2 atom stereocenters. The molecule has 0 radical (unpaired) electrons. The van der Waals surface area contributed by atoms with Crippen LogP contribution in [0.3, 0.4) is 0 Å². The minimum absolute atomic E-state index is 0.462. The topological polar surface area (TPSA) is 38.5 Å². The van der Waals surface area contributed by atoms with Gasteiger partial charge in [-0.1, -0.05) is 18.2 Å². The Morgan fingerprint density at radius 3 is 2.56 bits per heavy atom. The molecule has 0 aromatic heterocycles. The zero-order chi connectivity index (χ0) is 11.0. The molecule has 16 heavy (non-hydrogen) atoms. The first-order chi connectivity index (χ1) is 7.81. The Balaban J connectivity index is 1.69. The number of morpholine rings is 1. The Morgan fingerprint density at radius 1 is 1.19 bits per heavy atom. The number of fused-ring (bicyclic) bond motifs is 2. The molecule has 2 heterocycles. The number of benzene rings is 1. The molecule has 0 aliphatic carbocycles. The van der Waals surface area contributed by atoms with Gasteiger partial charge in [0, 0.05) is 25.3 Å². The second kappa shape index (κ2) is 4.07. The molecule has 0 spiro atoms. The molecule has 3 rings (SSSR count). The van der Waals surface area contributed by atoms with Gasteiger partial charge in [-0.2, -0.15) is 0 Å². The van der Waals surface area contributed by atoms with Crippen LogP contribution in [0.4, 0.5) is 5.69 Å². The first-order valence-corrected chi connectivity index (χ1v) is 6.02. The van der Waals surface area contributed by atoms with E-state index in [0.717, 1.165) is 25.3 Å². The van der Waals surface area contributed by atoms with Crippen LogP contribution in [-0.4, -0.2) is 30.2 Å². The molecule has 86 valence electrons. The van der Waals surface area contributed by atoms with Gasteiger partial charge in [-0.15, -0.1) is 0 Å². The quantitative estimate of drug-likeness (QED) is 0.767. The summed E-state index contributed by atoms with van der Waals surface area (Å²) >= 11 is 0. The third kappa shape index (κ3) is 1.93. The van der Waals surface area contributed by atoms with E-state index in [1.165, 1.54) is 18.4 Å². The normalized spacial score (nSPS) is 29.5. The Kier molecular flexibility index (Phi) is 2.58. The highest BCUT2D eigenvalue weighted by Crippen LogP contribution is 2.27. The van der Waals surface area contributed by atoms with Crippen molar-refractivity contribution in [2.24, 2.45) is 0 Å². The van der Waals surface area contributed by atoms with Gasteiger partial charge < -0.3 is 10.5 Å². The third-order valence-electron chi connectivity index (χ3n) is 3.57. The summed E-state index contributed by atoms with van der Waals surface area (Å²) in [5.74, 6) is 0. The van der Waals surface area contributed by atoms with Crippen LogP contribution in [0.2, 0.25) is 0 Å². The van der Waals surface area contributed by atoms with E-state index in [1.807, 2.05) is 12.1 Å². The lowest BCUT2D eigenvalue weighted by Crippen LogP contribution is -2.42. The lowest BCUT2D eigenvalue weighted by atomic mass is 10.1. The van der Waals surface area contributed by atoms with E-state index < -0.39 is 0 Å². The number of anilines is 1. The monoisotopic (exact) mass is 218 g/mol. The van der Waals surface area contributed by atoms with Gasteiger partial charge in [0.1, 0.15) is 0 Å². The van der Waals surface area contributed by atoms with Gasteiger partial charge in [0.15, 0.2) is 0 Å². The smallest absolute Gasteiger partial charge is 0.0707 e. The molecule has 2 unspecified atom stereocenters. The van der Waals surface area contributed by atoms with Gasteiger partial charge in [0.2, 0.25) is 0 Å². The average molecular weight is 218 g/mol. The van der Waals surface area contributed by atoms with Crippen molar-refractivity contribution in [2.45, 2.75) is 31.6 Å². The zero-order valence-corrected chi connectivity index (χ0v) is 9.43. The molecular weight excluding hydrogens is 200 g/mol. The Morgan fingerprint density at radius 2 is 1.88 bits per heavy atom. The van der Waals surface area contributed by atoms with E-state index in [0.29, 0.717) is 12.2 Å². The van der Waals surface area contributed by atoms with Crippen molar-refractivity contribution in [2.75, 3.05) is 18.8 Å². The van der Waals surface area contributed by atoms with Crippen LogP contribution in [0.1, 0.15) is 18.4 Å². The molecule has 3 nitrogen and oxygen atoms in total. The largest absolute Gasteiger partial charge is 0.398 e. The van der Waals surface area contributed by atoms with Crippen LogP contribution in [0.25, 0.3) is 0 Å². The molecule has 2 saturated heterocycles. The van der Waals surface area contributed by atoms with Crippen molar-refractivity contribution in [3.8, 4) is 0 Å². The summed E-state index contributed by atoms with van der Waals surface area (Å²) < 4.78 is 5.82. The van der Waals surface area contributed by atoms with Gasteiger partial charge in [-0.3, -0.25) is 4.90 Å². The summed E-state index contributed by atoms with van der Waals surface area (Å²) in [6.45, 7) is 3.08. The maximum Gasteiger partial charge on any atom is 0.0707 e. The van der Waals surface area contributed by atoms with Crippen molar-refractivity contribution >= 4 is 5.69 Å². The number of nitrogens with zero attached hydrogens (tertiary/aromatic N) is 1. The Bertz CT molecular complexity index is 368. The van der Waals surface area contributed by atoms with Gasteiger partial charge in [-0.25, -0.2) is 0 Å². The van der Waals surface area contributed by atoms with Gasteiger partial charge >= 0.3 is 0 Å². The Hall–Kier alpha value is -1.06. The molecular formula is C13H18N2O. The number of hydrogen-bond donors (Lipinski definition) is 1. The van der Waals surface area contributed by atoms with Crippen LogP contribution in [0, 0.1) is 0 Å². The van der Waals surface area contributed by atoms with E-state index in [2.05, 4.69) is 17.0 Å². The first-order valence-electron chi connectivity index (χ1n) is 6.02. The summed E-state index contributed by atoms with van der Waals surface area (Å²) in [6, 6.07) is 8.14. The summed E-state index contributed by atoms with van der Waals surface area (Å²) in [4.78, 5) is 2.47. The Labute approximate surface area is 96.2 Å². The molecule has 2 aliphatic rings. The van der Waals surface area contributed by atoms with E-state index in [-0.39, 0.29) is 0 Å². The number of para-hydroxylation sites is 1. The fraction of sp³-hybridized carbons (Fsp3) is 0.538. The van der Waals surface area contributed by atoms with Gasteiger partial charge in [0.25, 0.3) is 0 Å². The number of hydrogen-bond acceptors (Lipinski definition) is 3. The number of nitrogen functional groups attached to an aromatic ring is 1. The molecule has 0 saturated carbocycles. The number of nitrogens with two attached hydrogens (primary N) is 1. The summed E-state index contributed by atoms with van der Waals surface area (Å²) in [6.07, 6.45) is 3.38. The second-order valence-corrected chi connectivity index (χ2v) is 4.85. The highest BCUT2D eigenvalue weighted by molar-refractivity contribution is 5.46. The van der Waals surface area contributed by atoms with Crippen molar-refractivity contribution in [1.82, 2.24) is 4.90 Å². The van der Waals surface area contributed by atoms with E-state index >= 15 is 0 Å². The number of rotatable bonds is 2. The van der Waals surface area contributed by atoms with Gasteiger partial charge in [0.05, 0.1) is 12.2 Å². The minimum atomic E-state index is 0.462. The molecule has 2 N–H and O–H groups in total. The molecule has 0 amide bonds. The SMILES string of the molecule is Nc1ccccc1CN1CC2CCC(C1)O2. The van der Waals surface area contributed by atoms with E-state index in [1.54, 1.807) is 0 Å². The van der Waals surface area contributed by atoms with Crippen molar-refractivity contribution in [3.05, 3.63) is 29.8 Å². The van der Waals surface area contributed by atoms with Crippen LogP contribution < -0.4 is 5.73 Å². The van der Waals surface area contributed by atoms with Crippen LogP contribution >= 0.6 is 0 Å². The van der Waals surface area contributed by atoms with E-state index in [4.69, 9.17) is 10.5 Å². The summed E-state index contributed by atoms with van der Waals surface area (Å²) in [5.41, 5.74) is 8.11. The molecule has 2 aliphatic heterocycles. The van der Waals surface area contributed by atoms with Crippen LogP contribution in [-0.2, 0) is 11.3 Å². The van der Waals surface area contributed by atoms with E-state index in [9.17, 15) is 0 Å². The average Bonchev–Trinajstić information content (AvgIpc) is 2.62. The number of likely N-dealkylation sites (tertiary alicyclic amines) is 1. The summed E-state index contributed by atoms with van der Waals surface area (Å²) in [5, 5.41) is 0. The summed E-state index contributed by atoms with van der Waals surface area (Å²) in [7, 11) is 0. The number of ether oxygens (including phenoxy) is 1. The van der Waals surface area contributed by atoms with Gasteiger partial charge in [-0.05, 0) is 24.5 Å². The molecule has 3 heteroatoms. The maximum absolute atomic E-state index is 5.96. The van der Waals surface area contributed by atoms with Crippen molar-refractivity contribution < 1.29 is 4.74 Å². The molecule has 2 fully saturated rings.